The van der Waals surface area contributed by atoms with E-state index in [-0.39, 0.29) is 5.82 Å². The molecule has 3 nitrogen and oxygen atoms in total. The number of hydrogen-bond donors (Lipinski definition) is 1. The van der Waals surface area contributed by atoms with Gasteiger partial charge in [-0.15, -0.1) is 0 Å². The average molecular weight is 254 g/mol. The number of quaternary nitrogens is 1. The van der Waals surface area contributed by atoms with E-state index in [2.05, 4.69) is 13.8 Å². The highest BCUT2D eigenvalue weighted by atomic mass is 19.1. The SMILES string of the molecule is C[C@H]1C[NH+](CCOc2ccc(F)cc2)C[C@H](C)O1. The van der Waals surface area contributed by atoms with Crippen molar-refractivity contribution < 1.29 is 18.8 Å². The summed E-state index contributed by atoms with van der Waals surface area (Å²) in [6.07, 6.45) is 0.629. The van der Waals surface area contributed by atoms with Crippen molar-refractivity contribution in [1.82, 2.24) is 0 Å². The van der Waals surface area contributed by atoms with Gasteiger partial charge < -0.3 is 14.4 Å². The number of nitrogens with one attached hydrogen (secondary N) is 1. The largest absolute Gasteiger partial charge is 0.488 e. The molecule has 1 saturated heterocycles. The van der Waals surface area contributed by atoms with Gasteiger partial charge in [-0.05, 0) is 38.1 Å². The molecule has 0 saturated carbocycles. The summed E-state index contributed by atoms with van der Waals surface area (Å²) >= 11 is 0. The Morgan fingerprint density at radius 3 is 2.44 bits per heavy atom. The van der Waals surface area contributed by atoms with E-state index in [0.29, 0.717) is 18.8 Å². The van der Waals surface area contributed by atoms with E-state index in [4.69, 9.17) is 9.47 Å². The summed E-state index contributed by atoms with van der Waals surface area (Å²) in [6, 6.07) is 6.16. The lowest BCUT2D eigenvalue weighted by Gasteiger charge is -2.32. The van der Waals surface area contributed by atoms with Crippen LogP contribution in [0.1, 0.15) is 13.8 Å². The summed E-state index contributed by atoms with van der Waals surface area (Å²) in [5.41, 5.74) is 0. The molecule has 1 aliphatic heterocycles. The lowest BCUT2D eigenvalue weighted by molar-refractivity contribution is -0.915. The van der Waals surface area contributed by atoms with Crippen LogP contribution in [0.4, 0.5) is 4.39 Å². The molecular formula is C14H21FNO2+. The van der Waals surface area contributed by atoms with Gasteiger partial charge in [0.1, 0.15) is 50.0 Å². The Labute approximate surface area is 107 Å². The Morgan fingerprint density at radius 1 is 1.22 bits per heavy atom. The van der Waals surface area contributed by atoms with Crippen LogP contribution in [0, 0.1) is 5.82 Å². The van der Waals surface area contributed by atoms with E-state index in [9.17, 15) is 4.39 Å². The zero-order valence-electron chi connectivity index (χ0n) is 11.0. The maximum absolute atomic E-state index is 12.7. The van der Waals surface area contributed by atoms with Crippen LogP contribution in [0.3, 0.4) is 0 Å². The Balaban J connectivity index is 1.73. The molecule has 0 bridgehead atoms. The second kappa shape index (κ2) is 6.16. The molecule has 18 heavy (non-hydrogen) atoms. The van der Waals surface area contributed by atoms with Crippen molar-refractivity contribution in [2.45, 2.75) is 26.1 Å². The summed E-state index contributed by atoms with van der Waals surface area (Å²) in [6.45, 7) is 7.87. The van der Waals surface area contributed by atoms with Crippen molar-refractivity contribution in [3.8, 4) is 5.75 Å². The minimum atomic E-state index is -0.233. The van der Waals surface area contributed by atoms with E-state index in [1.54, 1.807) is 12.1 Å². The number of morpholine rings is 1. The molecular weight excluding hydrogens is 233 g/mol. The van der Waals surface area contributed by atoms with E-state index < -0.39 is 0 Å². The predicted molar refractivity (Wildman–Crippen MR) is 67.5 cm³/mol. The van der Waals surface area contributed by atoms with Gasteiger partial charge >= 0.3 is 0 Å². The molecule has 1 aromatic carbocycles. The third kappa shape index (κ3) is 3.96. The molecule has 0 radical (unpaired) electrons. The molecule has 0 spiro atoms. The lowest BCUT2D eigenvalue weighted by atomic mass is 10.2. The molecule has 0 amide bonds. The van der Waals surface area contributed by atoms with Crippen LogP contribution in [0.25, 0.3) is 0 Å². The molecule has 4 heteroatoms. The third-order valence-corrected chi connectivity index (χ3v) is 3.15. The van der Waals surface area contributed by atoms with Crippen LogP contribution in [-0.4, -0.2) is 38.4 Å². The van der Waals surface area contributed by atoms with Crippen LogP contribution < -0.4 is 9.64 Å². The van der Waals surface area contributed by atoms with E-state index >= 15 is 0 Å². The van der Waals surface area contributed by atoms with Crippen molar-refractivity contribution in [3.05, 3.63) is 30.1 Å². The maximum Gasteiger partial charge on any atom is 0.137 e. The van der Waals surface area contributed by atoms with Crippen molar-refractivity contribution in [3.63, 3.8) is 0 Å². The van der Waals surface area contributed by atoms with Crippen LogP contribution in [-0.2, 0) is 4.74 Å². The van der Waals surface area contributed by atoms with Gasteiger partial charge in [0.05, 0.1) is 0 Å². The third-order valence-electron chi connectivity index (χ3n) is 3.15. The van der Waals surface area contributed by atoms with Crippen LogP contribution in [0.2, 0.25) is 0 Å². The molecule has 1 aromatic rings. The van der Waals surface area contributed by atoms with Crippen molar-refractivity contribution >= 4 is 0 Å². The summed E-state index contributed by atoms with van der Waals surface area (Å²) in [4.78, 5) is 1.50. The highest BCUT2D eigenvalue weighted by Gasteiger charge is 2.25. The fraction of sp³-hybridized carbons (Fsp3) is 0.571. The number of rotatable bonds is 4. The summed E-state index contributed by atoms with van der Waals surface area (Å²) in [5, 5.41) is 0. The number of ether oxygens (including phenoxy) is 2. The van der Waals surface area contributed by atoms with Crippen molar-refractivity contribution in [1.29, 1.82) is 0 Å². The summed E-state index contributed by atoms with van der Waals surface area (Å²) in [5.74, 6) is 0.494. The molecule has 2 rings (SSSR count). The Bertz CT molecular complexity index is 359. The average Bonchev–Trinajstić information content (AvgIpc) is 2.30. The summed E-state index contributed by atoms with van der Waals surface area (Å²) in [7, 11) is 0. The first-order valence-electron chi connectivity index (χ1n) is 6.51. The number of benzene rings is 1. The minimum Gasteiger partial charge on any atom is -0.488 e. The highest BCUT2D eigenvalue weighted by molar-refractivity contribution is 5.21. The van der Waals surface area contributed by atoms with E-state index in [1.807, 2.05) is 0 Å². The first-order valence-corrected chi connectivity index (χ1v) is 6.51. The second-order valence-corrected chi connectivity index (χ2v) is 4.97. The normalized spacial score (nSPS) is 28.1. The Hall–Kier alpha value is -1.13. The molecule has 100 valence electrons. The predicted octanol–water partition coefficient (Wildman–Crippen LogP) is 0.897. The van der Waals surface area contributed by atoms with Gasteiger partial charge in [-0.1, -0.05) is 0 Å². The second-order valence-electron chi connectivity index (χ2n) is 4.97. The standard InChI is InChI=1S/C14H20FNO2/c1-11-9-16(10-12(2)18-11)7-8-17-14-5-3-13(15)4-6-14/h3-6,11-12H,7-10H2,1-2H3/p+1/t11-,12-/m0/s1. The van der Waals surface area contributed by atoms with Gasteiger partial charge in [-0.2, -0.15) is 0 Å². The molecule has 1 aliphatic rings. The molecule has 1 heterocycles. The molecule has 0 unspecified atom stereocenters. The van der Waals surface area contributed by atoms with Crippen molar-refractivity contribution in [2.75, 3.05) is 26.2 Å². The zero-order valence-corrected chi connectivity index (χ0v) is 11.0. The monoisotopic (exact) mass is 254 g/mol. The number of halogens is 1. The lowest BCUT2D eigenvalue weighted by Crippen LogP contribution is -3.16. The highest BCUT2D eigenvalue weighted by Crippen LogP contribution is 2.10. The van der Waals surface area contributed by atoms with Crippen LogP contribution >= 0.6 is 0 Å². The van der Waals surface area contributed by atoms with Gasteiger partial charge in [-0.3, -0.25) is 0 Å². The Morgan fingerprint density at radius 2 is 1.83 bits per heavy atom. The van der Waals surface area contributed by atoms with Gasteiger partial charge in [-0.25, -0.2) is 4.39 Å². The minimum absolute atomic E-state index is 0.233. The van der Waals surface area contributed by atoms with E-state index in [1.165, 1.54) is 17.0 Å². The maximum atomic E-state index is 12.7. The molecule has 0 aromatic heterocycles. The first-order chi connectivity index (χ1) is 8.63. The molecule has 1 fully saturated rings. The van der Waals surface area contributed by atoms with Gasteiger partial charge in [0.15, 0.2) is 0 Å². The summed E-state index contributed by atoms with van der Waals surface area (Å²) < 4.78 is 24.0. The van der Waals surface area contributed by atoms with E-state index in [0.717, 1.165) is 25.4 Å². The smallest absolute Gasteiger partial charge is 0.137 e. The van der Waals surface area contributed by atoms with Gasteiger partial charge in [0.25, 0.3) is 0 Å². The van der Waals surface area contributed by atoms with Crippen LogP contribution in [0.15, 0.2) is 24.3 Å². The van der Waals surface area contributed by atoms with Crippen LogP contribution in [0.5, 0.6) is 5.75 Å². The topological polar surface area (TPSA) is 22.9 Å². The fourth-order valence-electron chi connectivity index (χ4n) is 2.44. The zero-order chi connectivity index (χ0) is 13.0. The first kappa shape index (κ1) is 13.3. The number of hydrogen-bond acceptors (Lipinski definition) is 2. The van der Waals surface area contributed by atoms with Gasteiger partial charge in [0, 0.05) is 0 Å². The molecule has 2 atom stereocenters. The fourth-order valence-corrected chi connectivity index (χ4v) is 2.44. The molecule has 1 N–H and O–H groups in total. The van der Waals surface area contributed by atoms with Gasteiger partial charge in [0.2, 0.25) is 0 Å². The Kier molecular flexibility index (Phi) is 4.55. The quantitative estimate of drug-likeness (QED) is 0.862. The molecule has 0 aliphatic carbocycles. The van der Waals surface area contributed by atoms with Crippen molar-refractivity contribution in [2.24, 2.45) is 0 Å².